The highest BCUT2D eigenvalue weighted by atomic mass is 19.3. The summed E-state index contributed by atoms with van der Waals surface area (Å²) in [6.45, 7) is 0.0298. The van der Waals surface area contributed by atoms with Crippen LogP contribution in [0.4, 0.5) is 14.5 Å². The molecule has 7 heteroatoms. The first-order valence-electron chi connectivity index (χ1n) is 9.30. The van der Waals surface area contributed by atoms with Crippen LogP contribution >= 0.6 is 0 Å². The lowest BCUT2D eigenvalue weighted by atomic mass is 10.1. The van der Waals surface area contributed by atoms with Gasteiger partial charge in [-0.1, -0.05) is 18.6 Å². The second-order valence-corrected chi connectivity index (χ2v) is 6.74. The van der Waals surface area contributed by atoms with Gasteiger partial charge in [0.15, 0.2) is 11.5 Å². The summed E-state index contributed by atoms with van der Waals surface area (Å²) in [6, 6.07) is 11.9. The van der Waals surface area contributed by atoms with Crippen molar-refractivity contribution in [2.45, 2.75) is 32.4 Å². The minimum absolute atomic E-state index is 0.139. The van der Waals surface area contributed by atoms with Gasteiger partial charge >= 0.3 is 6.61 Å². The van der Waals surface area contributed by atoms with Crippen molar-refractivity contribution >= 4 is 11.6 Å². The molecule has 1 amide bonds. The molecule has 0 bridgehead atoms. The largest absolute Gasteiger partial charge is 0.493 e. The van der Waals surface area contributed by atoms with E-state index in [1.165, 1.54) is 44.6 Å². The summed E-state index contributed by atoms with van der Waals surface area (Å²) < 4.78 is 34.6. The van der Waals surface area contributed by atoms with E-state index >= 15 is 0 Å². The topological polar surface area (TPSA) is 50.8 Å². The molecule has 1 fully saturated rings. The number of nitrogens with zero attached hydrogens (tertiary/aromatic N) is 1. The molecule has 0 unspecified atom stereocenters. The van der Waals surface area contributed by atoms with Crippen LogP contribution in [0.25, 0.3) is 0 Å². The maximum absolute atomic E-state index is 12.6. The highest BCUT2D eigenvalue weighted by Gasteiger charge is 2.15. The van der Waals surface area contributed by atoms with E-state index in [9.17, 15) is 13.6 Å². The number of nitrogens with one attached hydrogen (secondary N) is 1. The van der Waals surface area contributed by atoms with E-state index in [0.717, 1.165) is 25.2 Å². The molecule has 0 aromatic heterocycles. The van der Waals surface area contributed by atoms with Crippen molar-refractivity contribution in [3.63, 3.8) is 0 Å². The van der Waals surface area contributed by atoms with Crippen LogP contribution in [0.3, 0.4) is 0 Å². The fraction of sp³-hybridized carbons (Fsp3) is 0.381. The van der Waals surface area contributed by atoms with Crippen LogP contribution in [-0.4, -0.2) is 37.6 Å². The summed E-state index contributed by atoms with van der Waals surface area (Å²) in [5.74, 6) is -0.443. The zero-order valence-electron chi connectivity index (χ0n) is 15.8. The van der Waals surface area contributed by atoms with Gasteiger partial charge in [0.05, 0.1) is 7.11 Å². The molecular formula is C21H24F2N2O3. The van der Waals surface area contributed by atoms with E-state index in [2.05, 4.69) is 15.0 Å². The zero-order chi connectivity index (χ0) is 19.9. The normalized spacial score (nSPS) is 14.7. The third kappa shape index (κ3) is 5.42. The van der Waals surface area contributed by atoms with Crippen molar-refractivity contribution in [3.05, 3.63) is 53.6 Å². The van der Waals surface area contributed by atoms with E-state index in [1.807, 2.05) is 18.2 Å². The number of carbonyl (C=O) groups is 1. The molecule has 2 aromatic rings. The van der Waals surface area contributed by atoms with Crippen LogP contribution in [-0.2, 0) is 6.54 Å². The van der Waals surface area contributed by atoms with Crippen LogP contribution in [0, 0.1) is 0 Å². The standard InChI is InChI=1S/C21H24F2N2O3/c1-27-18-9-8-16(13-19(18)28-21(22)23)20(26)24-17-7-5-6-15(12-17)14-25-10-3-2-4-11-25/h5-9,12-13,21H,2-4,10-11,14H2,1H3,(H,24,26). The van der Waals surface area contributed by atoms with E-state index < -0.39 is 12.5 Å². The summed E-state index contributed by atoms with van der Waals surface area (Å²) in [7, 11) is 1.35. The predicted molar refractivity (Wildman–Crippen MR) is 103 cm³/mol. The van der Waals surface area contributed by atoms with Gasteiger partial charge in [-0.05, 0) is 61.8 Å². The van der Waals surface area contributed by atoms with Crippen LogP contribution in [0.5, 0.6) is 11.5 Å². The fourth-order valence-electron chi connectivity index (χ4n) is 3.33. The minimum atomic E-state index is -3.00. The highest BCUT2D eigenvalue weighted by molar-refractivity contribution is 6.04. The Hall–Kier alpha value is -2.67. The molecule has 1 aliphatic heterocycles. The van der Waals surface area contributed by atoms with Crippen molar-refractivity contribution in [1.29, 1.82) is 0 Å². The number of carbonyl (C=O) groups excluding carboxylic acids is 1. The van der Waals surface area contributed by atoms with Crippen molar-refractivity contribution in [1.82, 2.24) is 4.90 Å². The molecule has 3 rings (SSSR count). The highest BCUT2D eigenvalue weighted by Crippen LogP contribution is 2.30. The number of benzene rings is 2. The van der Waals surface area contributed by atoms with E-state index in [1.54, 1.807) is 6.07 Å². The molecule has 2 aromatic carbocycles. The number of halogens is 2. The number of rotatable bonds is 7. The van der Waals surface area contributed by atoms with Gasteiger partial charge in [-0.3, -0.25) is 9.69 Å². The van der Waals surface area contributed by atoms with Gasteiger partial charge < -0.3 is 14.8 Å². The second kappa shape index (κ2) is 9.50. The van der Waals surface area contributed by atoms with E-state index in [0.29, 0.717) is 5.69 Å². The fourth-order valence-corrected chi connectivity index (χ4v) is 3.33. The first-order valence-corrected chi connectivity index (χ1v) is 9.30. The summed E-state index contributed by atoms with van der Waals surface area (Å²) >= 11 is 0. The molecule has 5 nitrogen and oxygen atoms in total. The Bertz CT molecular complexity index is 808. The number of likely N-dealkylation sites (tertiary alicyclic amines) is 1. The quantitative estimate of drug-likeness (QED) is 0.754. The molecule has 1 saturated heterocycles. The monoisotopic (exact) mass is 390 g/mol. The number of hydrogen-bond acceptors (Lipinski definition) is 4. The van der Waals surface area contributed by atoms with Crippen LogP contribution in [0.15, 0.2) is 42.5 Å². The number of hydrogen-bond donors (Lipinski definition) is 1. The van der Waals surface area contributed by atoms with Crippen molar-refractivity contribution < 1.29 is 23.0 Å². The molecule has 0 radical (unpaired) electrons. The molecule has 0 saturated carbocycles. The van der Waals surface area contributed by atoms with Gasteiger partial charge in [0, 0.05) is 17.8 Å². The molecule has 0 spiro atoms. The third-order valence-electron chi connectivity index (χ3n) is 4.68. The maximum Gasteiger partial charge on any atom is 0.387 e. The first-order chi connectivity index (χ1) is 13.5. The Kier molecular flexibility index (Phi) is 6.81. The lowest BCUT2D eigenvalue weighted by Crippen LogP contribution is -2.29. The molecule has 1 heterocycles. The Morgan fingerprint density at radius 2 is 1.89 bits per heavy atom. The Morgan fingerprint density at radius 3 is 2.61 bits per heavy atom. The van der Waals surface area contributed by atoms with Crippen molar-refractivity contribution in [2.24, 2.45) is 0 Å². The van der Waals surface area contributed by atoms with Crippen LogP contribution in [0.2, 0.25) is 0 Å². The van der Waals surface area contributed by atoms with Gasteiger partial charge in [0.2, 0.25) is 0 Å². The van der Waals surface area contributed by atoms with Gasteiger partial charge in [-0.15, -0.1) is 0 Å². The van der Waals surface area contributed by atoms with Crippen LogP contribution < -0.4 is 14.8 Å². The number of alkyl halides is 2. The van der Waals surface area contributed by atoms with Gasteiger partial charge in [-0.25, -0.2) is 0 Å². The van der Waals surface area contributed by atoms with E-state index in [-0.39, 0.29) is 17.1 Å². The smallest absolute Gasteiger partial charge is 0.387 e. The Morgan fingerprint density at radius 1 is 1.11 bits per heavy atom. The molecule has 1 aliphatic rings. The van der Waals surface area contributed by atoms with Crippen molar-refractivity contribution in [3.8, 4) is 11.5 Å². The number of amides is 1. The minimum Gasteiger partial charge on any atom is -0.493 e. The van der Waals surface area contributed by atoms with Gasteiger partial charge in [0.1, 0.15) is 0 Å². The maximum atomic E-state index is 12.6. The summed E-state index contributed by atoms with van der Waals surface area (Å²) in [6.07, 6.45) is 3.72. The SMILES string of the molecule is COc1ccc(C(=O)Nc2cccc(CN3CCCCC3)c2)cc1OC(F)F. The number of methoxy groups -OCH3 is 1. The summed E-state index contributed by atoms with van der Waals surface area (Å²) in [5.41, 5.74) is 1.99. The Balaban J connectivity index is 1.69. The van der Waals surface area contributed by atoms with Crippen molar-refractivity contribution in [2.75, 3.05) is 25.5 Å². The average molecular weight is 390 g/mol. The average Bonchev–Trinajstić information content (AvgIpc) is 2.68. The first kappa shape index (κ1) is 20.1. The molecular weight excluding hydrogens is 366 g/mol. The van der Waals surface area contributed by atoms with Gasteiger partial charge in [-0.2, -0.15) is 8.78 Å². The van der Waals surface area contributed by atoms with E-state index in [4.69, 9.17) is 4.74 Å². The molecule has 150 valence electrons. The molecule has 1 N–H and O–H groups in total. The Labute approximate surface area is 163 Å². The number of ether oxygens (including phenoxy) is 2. The number of anilines is 1. The molecule has 0 aliphatic carbocycles. The number of piperidine rings is 1. The lowest BCUT2D eigenvalue weighted by molar-refractivity contribution is -0.0512. The summed E-state index contributed by atoms with van der Waals surface area (Å²) in [5, 5.41) is 2.81. The second-order valence-electron chi connectivity index (χ2n) is 6.74. The van der Waals surface area contributed by atoms with Crippen LogP contribution in [0.1, 0.15) is 35.2 Å². The van der Waals surface area contributed by atoms with Gasteiger partial charge in [0.25, 0.3) is 5.91 Å². The zero-order valence-corrected chi connectivity index (χ0v) is 15.8. The molecule has 0 atom stereocenters. The summed E-state index contributed by atoms with van der Waals surface area (Å²) in [4.78, 5) is 15.0. The predicted octanol–water partition coefficient (Wildman–Crippen LogP) is 4.53. The third-order valence-corrected chi connectivity index (χ3v) is 4.68. The molecule has 28 heavy (non-hydrogen) atoms. The lowest BCUT2D eigenvalue weighted by Gasteiger charge is -2.26.